The van der Waals surface area contributed by atoms with Crippen LogP contribution in [0, 0.1) is 6.92 Å². The van der Waals surface area contributed by atoms with Crippen LogP contribution in [-0.2, 0) is 0 Å². The van der Waals surface area contributed by atoms with Gasteiger partial charge in [0.1, 0.15) is 5.82 Å². The average Bonchev–Trinajstić information content (AvgIpc) is 2.60. The van der Waals surface area contributed by atoms with Crippen molar-refractivity contribution in [3.05, 3.63) is 24.0 Å². The van der Waals surface area contributed by atoms with Crippen molar-refractivity contribution < 1.29 is 0 Å². The third kappa shape index (κ3) is 2.30. The van der Waals surface area contributed by atoms with Crippen LogP contribution in [0.4, 0.5) is 5.82 Å². The lowest BCUT2D eigenvalue weighted by atomic mass is 10.5. The van der Waals surface area contributed by atoms with Crippen LogP contribution in [0.2, 0.25) is 0 Å². The second-order valence-corrected chi connectivity index (χ2v) is 4.12. The van der Waals surface area contributed by atoms with Crippen LogP contribution in [0.15, 0.2) is 18.3 Å². The van der Waals surface area contributed by atoms with Gasteiger partial charge in [-0.3, -0.25) is 0 Å². The normalized spacial score (nSPS) is 11.2. The minimum atomic E-state index is 0.885. The van der Waals surface area contributed by atoms with Crippen LogP contribution in [-0.4, -0.2) is 46.7 Å². The minimum Gasteiger partial charge on any atom is -0.367 e. The van der Waals surface area contributed by atoms with Gasteiger partial charge in [-0.05, 0) is 33.2 Å². The Hall–Kier alpha value is -1.62. The largest absolute Gasteiger partial charge is 0.367 e. The molecule has 1 N–H and O–H groups in total. The van der Waals surface area contributed by atoms with E-state index in [4.69, 9.17) is 0 Å². The Kier molecular flexibility index (Phi) is 3.05. The van der Waals surface area contributed by atoms with Gasteiger partial charge < -0.3 is 10.2 Å². The summed E-state index contributed by atoms with van der Waals surface area (Å²) < 4.78 is 1.85. The highest BCUT2D eigenvalue weighted by Gasteiger charge is 2.01. The van der Waals surface area contributed by atoms with Gasteiger partial charge in [-0.1, -0.05) is 0 Å². The number of anilines is 1. The van der Waals surface area contributed by atoms with Gasteiger partial charge in [0, 0.05) is 13.1 Å². The van der Waals surface area contributed by atoms with E-state index in [1.165, 1.54) is 0 Å². The molecule has 0 aliphatic heterocycles. The first-order chi connectivity index (χ1) is 7.66. The Labute approximate surface area is 95.1 Å². The molecule has 0 spiro atoms. The van der Waals surface area contributed by atoms with E-state index in [1.807, 2.05) is 29.8 Å². The van der Waals surface area contributed by atoms with Crippen molar-refractivity contribution in [1.82, 2.24) is 19.5 Å². The number of fused-ring (bicyclic) bond motifs is 1. The molecule has 2 rings (SSSR count). The zero-order valence-corrected chi connectivity index (χ0v) is 9.94. The van der Waals surface area contributed by atoms with Crippen LogP contribution in [0.5, 0.6) is 0 Å². The number of rotatable bonds is 4. The van der Waals surface area contributed by atoms with E-state index in [0.29, 0.717) is 0 Å². The Bertz CT molecular complexity index is 474. The molecule has 86 valence electrons. The monoisotopic (exact) mass is 219 g/mol. The number of imidazole rings is 1. The van der Waals surface area contributed by atoms with Gasteiger partial charge >= 0.3 is 0 Å². The summed E-state index contributed by atoms with van der Waals surface area (Å²) in [4.78, 5) is 6.37. The number of nitrogens with zero attached hydrogens (tertiary/aromatic N) is 4. The summed E-state index contributed by atoms with van der Waals surface area (Å²) in [6, 6.07) is 3.93. The highest BCUT2D eigenvalue weighted by molar-refractivity contribution is 5.45. The summed E-state index contributed by atoms with van der Waals surface area (Å²) in [5.41, 5.74) is 1.93. The van der Waals surface area contributed by atoms with Crippen LogP contribution >= 0.6 is 0 Å². The number of aromatic nitrogens is 3. The predicted molar refractivity (Wildman–Crippen MR) is 64.8 cm³/mol. The molecule has 5 heteroatoms. The highest BCUT2D eigenvalue weighted by Crippen LogP contribution is 2.07. The smallest absolute Gasteiger partial charge is 0.153 e. The predicted octanol–water partition coefficient (Wildman–Crippen LogP) is 1.01. The number of hydrogen-bond donors (Lipinski definition) is 1. The standard InChI is InChI=1S/C11H17N5/c1-9-8-13-11-5-4-10(14-16(9)11)12-6-7-15(2)3/h4-5,8H,6-7H2,1-3H3,(H,12,14). The van der Waals surface area contributed by atoms with Crippen molar-refractivity contribution in [2.75, 3.05) is 32.5 Å². The van der Waals surface area contributed by atoms with Crippen molar-refractivity contribution >= 4 is 11.5 Å². The van der Waals surface area contributed by atoms with E-state index in [0.717, 1.165) is 30.2 Å². The number of aryl methyl sites for hydroxylation is 1. The molecular weight excluding hydrogens is 202 g/mol. The van der Waals surface area contributed by atoms with E-state index in [2.05, 4.69) is 34.4 Å². The summed E-state index contributed by atoms with van der Waals surface area (Å²) in [7, 11) is 4.11. The van der Waals surface area contributed by atoms with E-state index >= 15 is 0 Å². The second-order valence-electron chi connectivity index (χ2n) is 4.12. The molecule has 0 bridgehead atoms. The van der Waals surface area contributed by atoms with Gasteiger partial charge in [0.25, 0.3) is 0 Å². The summed E-state index contributed by atoms with van der Waals surface area (Å²) in [5, 5.41) is 7.74. The van der Waals surface area contributed by atoms with Crippen LogP contribution < -0.4 is 5.32 Å². The molecule has 0 radical (unpaired) electrons. The molecule has 0 saturated carbocycles. The summed E-state index contributed by atoms with van der Waals surface area (Å²) in [6.07, 6.45) is 1.83. The average molecular weight is 219 g/mol. The highest BCUT2D eigenvalue weighted by atomic mass is 15.3. The van der Waals surface area contributed by atoms with Gasteiger partial charge in [-0.15, -0.1) is 5.10 Å². The van der Waals surface area contributed by atoms with E-state index in [9.17, 15) is 0 Å². The van der Waals surface area contributed by atoms with Gasteiger partial charge in [-0.25, -0.2) is 9.50 Å². The lowest BCUT2D eigenvalue weighted by Gasteiger charge is -2.10. The molecule has 16 heavy (non-hydrogen) atoms. The lowest BCUT2D eigenvalue weighted by molar-refractivity contribution is 0.425. The van der Waals surface area contributed by atoms with E-state index < -0.39 is 0 Å². The lowest BCUT2D eigenvalue weighted by Crippen LogP contribution is -2.21. The Morgan fingerprint density at radius 3 is 2.94 bits per heavy atom. The van der Waals surface area contributed by atoms with Crippen LogP contribution in [0.25, 0.3) is 5.65 Å². The molecule has 0 amide bonds. The molecule has 5 nitrogen and oxygen atoms in total. The first-order valence-electron chi connectivity index (χ1n) is 5.37. The summed E-state index contributed by atoms with van der Waals surface area (Å²) >= 11 is 0. The third-order valence-electron chi connectivity index (χ3n) is 2.40. The van der Waals surface area contributed by atoms with Gasteiger partial charge in [-0.2, -0.15) is 0 Å². The van der Waals surface area contributed by atoms with Gasteiger partial charge in [0.2, 0.25) is 0 Å². The summed E-state index contributed by atoms with van der Waals surface area (Å²) in [6.45, 7) is 3.87. The maximum Gasteiger partial charge on any atom is 0.153 e. The van der Waals surface area contributed by atoms with Crippen molar-refractivity contribution in [3.63, 3.8) is 0 Å². The minimum absolute atomic E-state index is 0.885. The maximum absolute atomic E-state index is 4.46. The number of likely N-dealkylation sites (N-methyl/N-ethyl adjacent to an activating group) is 1. The molecule has 0 unspecified atom stereocenters. The van der Waals surface area contributed by atoms with Gasteiger partial charge in [0.15, 0.2) is 5.65 Å². The number of nitrogens with one attached hydrogen (secondary N) is 1. The van der Waals surface area contributed by atoms with Crippen LogP contribution in [0.3, 0.4) is 0 Å². The molecule has 2 heterocycles. The fraction of sp³-hybridized carbons (Fsp3) is 0.455. The van der Waals surface area contributed by atoms with Crippen molar-refractivity contribution in [2.45, 2.75) is 6.92 Å². The third-order valence-corrected chi connectivity index (χ3v) is 2.40. The Balaban J connectivity index is 2.10. The summed E-state index contributed by atoms with van der Waals surface area (Å²) in [5.74, 6) is 0.885. The molecule has 0 aromatic carbocycles. The first-order valence-corrected chi connectivity index (χ1v) is 5.37. The zero-order valence-electron chi connectivity index (χ0n) is 9.94. The zero-order chi connectivity index (χ0) is 11.5. The van der Waals surface area contributed by atoms with Gasteiger partial charge in [0.05, 0.1) is 11.9 Å². The molecule has 2 aromatic heterocycles. The van der Waals surface area contributed by atoms with Crippen molar-refractivity contribution in [1.29, 1.82) is 0 Å². The molecule has 0 aliphatic rings. The first kappa shape index (κ1) is 10.9. The van der Waals surface area contributed by atoms with Crippen molar-refractivity contribution in [2.24, 2.45) is 0 Å². The number of hydrogen-bond acceptors (Lipinski definition) is 4. The quantitative estimate of drug-likeness (QED) is 0.833. The fourth-order valence-corrected chi connectivity index (χ4v) is 1.49. The van der Waals surface area contributed by atoms with Crippen molar-refractivity contribution in [3.8, 4) is 0 Å². The molecule has 0 atom stereocenters. The van der Waals surface area contributed by atoms with E-state index in [-0.39, 0.29) is 0 Å². The van der Waals surface area contributed by atoms with Crippen LogP contribution in [0.1, 0.15) is 5.69 Å². The molecule has 2 aromatic rings. The Morgan fingerprint density at radius 2 is 2.19 bits per heavy atom. The topological polar surface area (TPSA) is 45.5 Å². The fourth-order valence-electron chi connectivity index (χ4n) is 1.49. The molecule has 0 fully saturated rings. The second kappa shape index (κ2) is 4.49. The Morgan fingerprint density at radius 1 is 1.38 bits per heavy atom. The molecule has 0 aliphatic carbocycles. The SMILES string of the molecule is Cc1cnc2ccc(NCCN(C)C)nn12. The molecule has 0 saturated heterocycles. The maximum atomic E-state index is 4.46. The molecular formula is C11H17N5. The van der Waals surface area contributed by atoms with E-state index in [1.54, 1.807) is 0 Å².